The van der Waals surface area contributed by atoms with E-state index in [2.05, 4.69) is 0 Å². The number of carbonyl (C=O) groups is 2. The maximum Gasteiger partial charge on any atom is 0.343 e. The zero-order valence-electron chi connectivity index (χ0n) is 16.0. The molecule has 0 saturated heterocycles. The third kappa shape index (κ3) is 4.59. The molecule has 3 aromatic rings. The van der Waals surface area contributed by atoms with E-state index in [9.17, 15) is 19.7 Å². The molecule has 8 heteroatoms. The molecular formula is C23H15NO7. The summed E-state index contributed by atoms with van der Waals surface area (Å²) in [5, 5.41) is 10.8. The second-order valence-corrected chi connectivity index (χ2v) is 6.53. The van der Waals surface area contributed by atoms with E-state index in [0.29, 0.717) is 28.2 Å². The van der Waals surface area contributed by atoms with Crippen LogP contribution >= 0.6 is 0 Å². The molecule has 0 aliphatic carbocycles. The van der Waals surface area contributed by atoms with Gasteiger partial charge in [-0.1, -0.05) is 18.2 Å². The lowest BCUT2D eigenvalue weighted by Gasteiger charge is -2.06. The number of benzene rings is 3. The molecule has 31 heavy (non-hydrogen) atoms. The molecule has 0 fully saturated rings. The zero-order chi connectivity index (χ0) is 21.8. The minimum absolute atomic E-state index is 0.0526. The average molecular weight is 417 g/mol. The molecule has 8 nitrogen and oxygen atoms in total. The number of ether oxygens (including phenoxy) is 3. The summed E-state index contributed by atoms with van der Waals surface area (Å²) >= 11 is 0. The number of hydrogen-bond donors (Lipinski definition) is 0. The minimum atomic E-state index is -0.567. The van der Waals surface area contributed by atoms with E-state index in [4.69, 9.17) is 14.2 Å². The summed E-state index contributed by atoms with van der Waals surface area (Å²) < 4.78 is 15.8. The molecule has 3 aromatic carbocycles. The largest absolute Gasteiger partial charge is 0.454 e. The number of nitro benzene ring substituents is 1. The fourth-order valence-corrected chi connectivity index (χ4v) is 2.89. The highest BCUT2D eigenvalue weighted by molar-refractivity contribution is 6.07. The van der Waals surface area contributed by atoms with Gasteiger partial charge in [0.05, 0.1) is 10.5 Å². The third-order valence-corrected chi connectivity index (χ3v) is 4.47. The summed E-state index contributed by atoms with van der Waals surface area (Å²) in [5.41, 5.74) is 1.17. The van der Waals surface area contributed by atoms with Gasteiger partial charge in [-0.3, -0.25) is 14.9 Å². The van der Waals surface area contributed by atoms with Crippen molar-refractivity contribution in [1.82, 2.24) is 0 Å². The Bertz CT molecular complexity index is 1200. The summed E-state index contributed by atoms with van der Waals surface area (Å²) in [7, 11) is 0. The lowest BCUT2D eigenvalue weighted by Crippen LogP contribution is -2.08. The molecule has 0 radical (unpaired) electrons. The summed E-state index contributed by atoms with van der Waals surface area (Å²) in [6.45, 7) is 0.110. The van der Waals surface area contributed by atoms with E-state index in [1.54, 1.807) is 30.3 Å². The summed E-state index contributed by atoms with van der Waals surface area (Å²) in [6.07, 6.45) is 2.83. The lowest BCUT2D eigenvalue weighted by atomic mass is 10.1. The van der Waals surface area contributed by atoms with Gasteiger partial charge in [-0.2, -0.15) is 0 Å². The topological polar surface area (TPSA) is 105 Å². The molecule has 0 bridgehead atoms. The molecule has 0 unspecified atom stereocenters. The first-order valence-corrected chi connectivity index (χ1v) is 9.18. The van der Waals surface area contributed by atoms with Gasteiger partial charge in [0.15, 0.2) is 17.3 Å². The van der Waals surface area contributed by atoms with Crippen LogP contribution in [0.4, 0.5) is 5.69 Å². The summed E-state index contributed by atoms with van der Waals surface area (Å²) in [6, 6.07) is 16.8. The predicted molar refractivity (Wildman–Crippen MR) is 110 cm³/mol. The van der Waals surface area contributed by atoms with Crippen molar-refractivity contribution in [3.63, 3.8) is 0 Å². The number of ketones is 1. The molecule has 4 rings (SSSR count). The Morgan fingerprint density at radius 1 is 0.935 bits per heavy atom. The number of non-ortho nitro benzene ring substituents is 1. The van der Waals surface area contributed by atoms with Gasteiger partial charge in [0.25, 0.3) is 5.69 Å². The Labute approximate surface area is 176 Å². The third-order valence-electron chi connectivity index (χ3n) is 4.47. The predicted octanol–water partition coefficient (Wildman–Crippen LogP) is 4.44. The highest BCUT2D eigenvalue weighted by atomic mass is 16.7. The number of hydrogen-bond acceptors (Lipinski definition) is 7. The highest BCUT2D eigenvalue weighted by Gasteiger charge is 2.17. The van der Waals surface area contributed by atoms with Crippen LogP contribution in [0.5, 0.6) is 17.2 Å². The molecule has 1 heterocycles. The summed E-state index contributed by atoms with van der Waals surface area (Å²) in [4.78, 5) is 35.0. The Kier molecular flexibility index (Phi) is 5.44. The molecule has 0 saturated carbocycles. The Balaban J connectivity index is 1.40. The van der Waals surface area contributed by atoms with Crippen LogP contribution in [-0.4, -0.2) is 23.5 Å². The van der Waals surface area contributed by atoms with Crippen LogP contribution < -0.4 is 14.2 Å². The van der Waals surface area contributed by atoms with Crippen LogP contribution in [0, 0.1) is 10.1 Å². The molecule has 0 aromatic heterocycles. The fourth-order valence-electron chi connectivity index (χ4n) is 2.89. The number of allylic oxidation sites excluding steroid dienone is 1. The average Bonchev–Trinajstić information content (AvgIpc) is 3.26. The molecule has 0 amide bonds. The van der Waals surface area contributed by atoms with Crippen LogP contribution in [0.15, 0.2) is 72.8 Å². The van der Waals surface area contributed by atoms with Crippen molar-refractivity contribution in [3.05, 3.63) is 99.6 Å². The lowest BCUT2D eigenvalue weighted by molar-refractivity contribution is -0.384. The highest BCUT2D eigenvalue weighted by Crippen LogP contribution is 2.32. The van der Waals surface area contributed by atoms with Crippen molar-refractivity contribution in [3.8, 4) is 17.2 Å². The van der Waals surface area contributed by atoms with E-state index < -0.39 is 10.9 Å². The van der Waals surface area contributed by atoms with Gasteiger partial charge in [0.1, 0.15) is 5.75 Å². The van der Waals surface area contributed by atoms with Crippen molar-refractivity contribution in [2.45, 2.75) is 0 Å². The molecule has 0 atom stereocenters. The van der Waals surface area contributed by atoms with Gasteiger partial charge in [0.2, 0.25) is 6.79 Å². The Morgan fingerprint density at radius 3 is 2.45 bits per heavy atom. The van der Waals surface area contributed by atoms with E-state index >= 15 is 0 Å². The van der Waals surface area contributed by atoms with Crippen molar-refractivity contribution in [2.75, 3.05) is 6.79 Å². The standard InChI is InChI=1S/C23H15NO7/c25-20(10-4-15-2-1-3-18(12-15)24(27)28)16-5-8-19(9-6-16)31-23(26)17-7-11-21-22(13-17)30-14-29-21/h1-13H,14H2. The van der Waals surface area contributed by atoms with E-state index in [-0.39, 0.29) is 24.0 Å². The van der Waals surface area contributed by atoms with Crippen molar-refractivity contribution < 1.29 is 28.7 Å². The van der Waals surface area contributed by atoms with Gasteiger partial charge in [-0.05, 0) is 54.1 Å². The number of fused-ring (bicyclic) bond motifs is 1. The molecular weight excluding hydrogens is 402 g/mol. The number of nitrogens with zero attached hydrogens (tertiary/aromatic N) is 1. The van der Waals surface area contributed by atoms with E-state index in [0.717, 1.165) is 0 Å². The maximum absolute atomic E-state index is 12.3. The molecule has 1 aliphatic rings. The van der Waals surface area contributed by atoms with Crippen LogP contribution in [0.25, 0.3) is 6.08 Å². The van der Waals surface area contributed by atoms with Crippen molar-refractivity contribution >= 4 is 23.5 Å². The first kappa shape index (κ1) is 19.8. The SMILES string of the molecule is O=C(C=Cc1cccc([N+](=O)[O-])c1)c1ccc(OC(=O)c2ccc3c(c2)OCO3)cc1. The van der Waals surface area contributed by atoms with Gasteiger partial charge in [0, 0.05) is 17.7 Å². The first-order chi connectivity index (χ1) is 15.0. The normalized spacial score (nSPS) is 12.0. The Hall–Kier alpha value is -4.46. The van der Waals surface area contributed by atoms with E-state index in [1.165, 1.54) is 48.6 Å². The number of nitro groups is 1. The molecule has 1 aliphatic heterocycles. The van der Waals surface area contributed by atoms with Crippen LogP contribution in [-0.2, 0) is 0 Å². The monoisotopic (exact) mass is 417 g/mol. The summed E-state index contributed by atoms with van der Waals surface area (Å²) in [5.74, 6) is 0.466. The maximum atomic E-state index is 12.3. The van der Waals surface area contributed by atoms with Crippen molar-refractivity contribution in [2.24, 2.45) is 0 Å². The second kappa shape index (κ2) is 8.50. The van der Waals surface area contributed by atoms with Gasteiger partial charge in [-0.25, -0.2) is 4.79 Å². The van der Waals surface area contributed by atoms with Crippen LogP contribution in [0.1, 0.15) is 26.3 Å². The minimum Gasteiger partial charge on any atom is -0.454 e. The first-order valence-electron chi connectivity index (χ1n) is 9.18. The van der Waals surface area contributed by atoms with Gasteiger partial charge >= 0.3 is 5.97 Å². The second-order valence-electron chi connectivity index (χ2n) is 6.53. The number of carbonyl (C=O) groups excluding carboxylic acids is 2. The smallest absolute Gasteiger partial charge is 0.343 e. The molecule has 154 valence electrons. The number of rotatable bonds is 6. The Morgan fingerprint density at radius 2 is 1.68 bits per heavy atom. The van der Waals surface area contributed by atoms with Crippen LogP contribution in [0.2, 0.25) is 0 Å². The van der Waals surface area contributed by atoms with Crippen LogP contribution in [0.3, 0.4) is 0 Å². The number of esters is 1. The molecule has 0 N–H and O–H groups in total. The quantitative estimate of drug-likeness (QED) is 0.146. The fraction of sp³-hybridized carbons (Fsp3) is 0.0435. The van der Waals surface area contributed by atoms with Gasteiger partial charge < -0.3 is 14.2 Å². The molecule has 0 spiro atoms. The zero-order valence-corrected chi connectivity index (χ0v) is 16.0. The van der Waals surface area contributed by atoms with Gasteiger partial charge in [-0.15, -0.1) is 0 Å². The van der Waals surface area contributed by atoms with Crippen molar-refractivity contribution in [1.29, 1.82) is 0 Å². The van der Waals surface area contributed by atoms with E-state index in [1.807, 2.05) is 0 Å².